The summed E-state index contributed by atoms with van der Waals surface area (Å²) in [5.74, 6) is -1.79. The van der Waals surface area contributed by atoms with Crippen molar-refractivity contribution in [3.8, 4) is 6.07 Å². The number of hydrogen-bond acceptors (Lipinski definition) is 6. The number of nitriles is 1. The fourth-order valence-corrected chi connectivity index (χ4v) is 3.02. The summed E-state index contributed by atoms with van der Waals surface area (Å²) in [7, 11) is 0. The van der Waals surface area contributed by atoms with E-state index in [-0.39, 0.29) is 16.9 Å². The van der Waals surface area contributed by atoms with Gasteiger partial charge < -0.3 is 10.1 Å². The number of rotatable bonds is 7. The highest BCUT2D eigenvalue weighted by Crippen LogP contribution is 2.28. The minimum atomic E-state index is -1.44. The van der Waals surface area contributed by atoms with Crippen LogP contribution in [-0.2, 0) is 14.3 Å². The molecular weight excluding hydrogens is 422 g/mol. The molecule has 0 aromatic heterocycles. The van der Waals surface area contributed by atoms with E-state index in [9.17, 15) is 25.0 Å². The average Bonchev–Trinajstić information content (AvgIpc) is 2.83. The molecule has 0 bridgehead atoms. The van der Waals surface area contributed by atoms with Crippen molar-refractivity contribution in [2.75, 3.05) is 5.32 Å². The van der Waals surface area contributed by atoms with E-state index in [0.717, 1.165) is 0 Å². The Bertz CT molecular complexity index is 1250. The van der Waals surface area contributed by atoms with Gasteiger partial charge in [-0.3, -0.25) is 14.9 Å². The minimum absolute atomic E-state index is 0.0343. The van der Waals surface area contributed by atoms with Gasteiger partial charge in [-0.05, 0) is 30.2 Å². The number of esters is 1. The number of nitro benzene ring substituents is 1. The van der Waals surface area contributed by atoms with Crippen molar-refractivity contribution < 1.29 is 19.2 Å². The molecule has 3 aromatic rings. The standard InChI is InChI=1S/C25H19N3O5/c1-17-12-13-21(22(14-17)28(31)32)27-24(29)23(19-10-6-3-7-11-19)33-25(30)20(16-26)15-18-8-4-2-5-9-18/h2-15,23H,1H3,(H,27,29)/b20-15+. The van der Waals surface area contributed by atoms with E-state index in [1.807, 2.05) is 0 Å². The molecule has 3 rings (SSSR count). The fraction of sp³-hybridized carbons (Fsp3) is 0.0800. The number of nitrogens with one attached hydrogen (secondary N) is 1. The monoisotopic (exact) mass is 441 g/mol. The van der Waals surface area contributed by atoms with Gasteiger partial charge in [0.1, 0.15) is 17.3 Å². The SMILES string of the molecule is Cc1ccc(NC(=O)C(OC(=O)/C(C#N)=C/c2ccccc2)c2ccccc2)c([N+](=O)[O-])c1. The van der Waals surface area contributed by atoms with Crippen LogP contribution in [0.1, 0.15) is 22.8 Å². The number of carbonyl (C=O) groups excluding carboxylic acids is 2. The number of anilines is 1. The minimum Gasteiger partial charge on any atom is -0.443 e. The molecule has 0 saturated carbocycles. The van der Waals surface area contributed by atoms with E-state index in [1.165, 1.54) is 18.2 Å². The Labute approximate surface area is 189 Å². The Balaban J connectivity index is 1.91. The lowest BCUT2D eigenvalue weighted by atomic mass is 10.1. The highest BCUT2D eigenvalue weighted by molar-refractivity contribution is 6.02. The first-order valence-corrected chi connectivity index (χ1v) is 9.87. The first-order valence-electron chi connectivity index (χ1n) is 9.87. The van der Waals surface area contributed by atoms with E-state index < -0.39 is 22.9 Å². The molecule has 0 aliphatic heterocycles. The van der Waals surface area contributed by atoms with Gasteiger partial charge in [-0.2, -0.15) is 5.26 Å². The molecule has 1 N–H and O–H groups in total. The predicted octanol–water partition coefficient (Wildman–Crippen LogP) is 4.73. The van der Waals surface area contributed by atoms with Crippen LogP contribution < -0.4 is 5.32 Å². The molecule has 0 saturated heterocycles. The number of carbonyl (C=O) groups is 2. The molecule has 0 heterocycles. The number of amides is 1. The summed E-state index contributed by atoms with van der Waals surface area (Å²) < 4.78 is 5.41. The second kappa shape index (κ2) is 10.5. The summed E-state index contributed by atoms with van der Waals surface area (Å²) in [6.45, 7) is 1.69. The number of nitrogens with zero attached hydrogens (tertiary/aromatic N) is 2. The quantitative estimate of drug-likeness (QED) is 0.186. The zero-order chi connectivity index (χ0) is 23.8. The largest absolute Gasteiger partial charge is 0.443 e. The molecule has 1 amide bonds. The Morgan fingerprint density at radius 3 is 2.30 bits per heavy atom. The second-order valence-corrected chi connectivity index (χ2v) is 7.04. The van der Waals surface area contributed by atoms with Crippen molar-refractivity contribution in [3.05, 3.63) is 111 Å². The van der Waals surface area contributed by atoms with Crippen LogP contribution in [0.4, 0.5) is 11.4 Å². The Morgan fingerprint density at radius 2 is 1.70 bits per heavy atom. The van der Waals surface area contributed by atoms with Gasteiger partial charge in [-0.15, -0.1) is 0 Å². The molecular formula is C25H19N3O5. The molecule has 8 heteroatoms. The fourth-order valence-electron chi connectivity index (χ4n) is 3.02. The van der Waals surface area contributed by atoms with Crippen molar-refractivity contribution in [3.63, 3.8) is 0 Å². The van der Waals surface area contributed by atoms with Gasteiger partial charge in [-0.25, -0.2) is 4.79 Å². The molecule has 33 heavy (non-hydrogen) atoms. The van der Waals surface area contributed by atoms with E-state index >= 15 is 0 Å². The molecule has 1 atom stereocenters. The van der Waals surface area contributed by atoms with Crippen LogP contribution in [0.25, 0.3) is 6.08 Å². The van der Waals surface area contributed by atoms with Crippen molar-refractivity contribution in [2.24, 2.45) is 0 Å². The number of benzene rings is 3. The zero-order valence-electron chi connectivity index (χ0n) is 17.6. The van der Waals surface area contributed by atoms with Crippen LogP contribution >= 0.6 is 0 Å². The van der Waals surface area contributed by atoms with Gasteiger partial charge in [0.05, 0.1) is 4.92 Å². The smallest absolute Gasteiger partial charge is 0.350 e. The van der Waals surface area contributed by atoms with Crippen molar-refractivity contribution in [1.29, 1.82) is 5.26 Å². The van der Waals surface area contributed by atoms with Gasteiger partial charge in [0.25, 0.3) is 11.6 Å². The predicted molar refractivity (Wildman–Crippen MR) is 122 cm³/mol. The highest BCUT2D eigenvalue weighted by atomic mass is 16.6. The molecule has 0 spiro atoms. The number of hydrogen-bond donors (Lipinski definition) is 1. The van der Waals surface area contributed by atoms with Crippen LogP contribution in [0.2, 0.25) is 0 Å². The maximum absolute atomic E-state index is 13.1. The second-order valence-electron chi connectivity index (χ2n) is 7.04. The van der Waals surface area contributed by atoms with Crippen LogP contribution in [-0.4, -0.2) is 16.8 Å². The molecule has 164 valence electrons. The Hall–Kier alpha value is -4.77. The summed E-state index contributed by atoms with van der Waals surface area (Å²) in [6.07, 6.45) is -0.0836. The van der Waals surface area contributed by atoms with Crippen LogP contribution in [0, 0.1) is 28.4 Å². The number of aryl methyl sites for hydroxylation is 1. The van der Waals surface area contributed by atoms with Crippen LogP contribution in [0.3, 0.4) is 0 Å². The molecule has 1 unspecified atom stereocenters. The third-order valence-corrected chi connectivity index (χ3v) is 4.62. The van der Waals surface area contributed by atoms with Gasteiger partial charge >= 0.3 is 5.97 Å². The summed E-state index contributed by atoms with van der Waals surface area (Å²) in [6, 6.07) is 23.0. The molecule has 0 radical (unpaired) electrons. The first-order chi connectivity index (χ1) is 15.9. The van der Waals surface area contributed by atoms with Crippen molar-refractivity contribution in [2.45, 2.75) is 13.0 Å². The summed E-state index contributed by atoms with van der Waals surface area (Å²) in [4.78, 5) is 36.6. The Morgan fingerprint density at radius 1 is 1.06 bits per heavy atom. The van der Waals surface area contributed by atoms with Crippen molar-refractivity contribution >= 4 is 29.3 Å². The topological polar surface area (TPSA) is 122 Å². The highest BCUT2D eigenvalue weighted by Gasteiger charge is 2.28. The van der Waals surface area contributed by atoms with E-state index in [2.05, 4.69) is 5.32 Å². The number of nitro groups is 1. The molecule has 8 nitrogen and oxygen atoms in total. The van der Waals surface area contributed by atoms with E-state index in [0.29, 0.717) is 16.7 Å². The van der Waals surface area contributed by atoms with E-state index in [4.69, 9.17) is 4.74 Å². The normalized spacial score (nSPS) is 11.7. The molecule has 0 fully saturated rings. The van der Waals surface area contributed by atoms with E-state index in [1.54, 1.807) is 79.7 Å². The first kappa shape index (κ1) is 22.9. The summed E-state index contributed by atoms with van der Waals surface area (Å²) >= 11 is 0. The average molecular weight is 441 g/mol. The molecule has 0 aliphatic carbocycles. The van der Waals surface area contributed by atoms with Crippen molar-refractivity contribution in [1.82, 2.24) is 0 Å². The number of ether oxygens (including phenoxy) is 1. The maximum Gasteiger partial charge on any atom is 0.350 e. The molecule has 0 aliphatic rings. The third kappa shape index (κ3) is 5.89. The summed E-state index contributed by atoms with van der Waals surface area (Å²) in [5.41, 5.74) is 0.986. The third-order valence-electron chi connectivity index (χ3n) is 4.62. The Kier molecular flexibility index (Phi) is 7.29. The van der Waals surface area contributed by atoms with Gasteiger partial charge in [0, 0.05) is 11.6 Å². The van der Waals surface area contributed by atoms with Gasteiger partial charge in [-0.1, -0.05) is 66.7 Å². The lowest BCUT2D eigenvalue weighted by Crippen LogP contribution is -2.26. The van der Waals surface area contributed by atoms with Gasteiger partial charge in [0.15, 0.2) is 0 Å². The lowest BCUT2D eigenvalue weighted by Gasteiger charge is -2.18. The summed E-state index contributed by atoms with van der Waals surface area (Å²) in [5, 5.41) is 23.3. The molecule has 3 aromatic carbocycles. The van der Waals surface area contributed by atoms with Crippen LogP contribution in [0.5, 0.6) is 0 Å². The zero-order valence-corrected chi connectivity index (χ0v) is 17.6. The maximum atomic E-state index is 13.1. The van der Waals surface area contributed by atoms with Crippen LogP contribution in [0.15, 0.2) is 84.4 Å². The lowest BCUT2D eigenvalue weighted by molar-refractivity contribution is -0.384. The van der Waals surface area contributed by atoms with Gasteiger partial charge in [0.2, 0.25) is 6.10 Å².